The number of halogens is 3. The first-order valence-electron chi connectivity index (χ1n) is 8.26. The summed E-state index contributed by atoms with van der Waals surface area (Å²) in [6.45, 7) is 1.28. The predicted octanol–water partition coefficient (Wildman–Crippen LogP) is 3.88. The van der Waals surface area contributed by atoms with Crippen molar-refractivity contribution in [2.24, 2.45) is 0 Å². The fraction of sp³-hybridized carbons (Fsp3) is 0.150. The largest absolute Gasteiger partial charge is 0.573 e. The summed E-state index contributed by atoms with van der Waals surface area (Å²) in [5.74, 6) is -1.71. The number of benzene rings is 2. The van der Waals surface area contributed by atoms with Gasteiger partial charge in [-0.15, -0.1) is 13.2 Å². The van der Waals surface area contributed by atoms with Crippen LogP contribution in [0.4, 0.5) is 13.2 Å². The van der Waals surface area contributed by atoms with E-state index in [9.17, 15) is 27.6 Å². The van der Waals surface area contributed by atoms with E-state index >= 15 is 0 Å². The number of pyridine rings is 1. The molecule has 0 aliphatic carbocycles. The molecular weight excluding hydrogens is 391 g/mol. The van der Waals surface area contributed by atoms with E-state index in [4.69, 9.17) is 0 Å². The van der Waals surface area contributed by atoms with Crippen LogP contribution in [0.1, 0.15) is 27.6 Å². The van der Waals surface area contributed by atoms with Crippen LogP contribution in [0.3, 0.4) is 0 Å². The fourth-order valence-corrected chi connectivity index (χ4v) is 2.94. The highest BCUT2D eigenvalue weighted by Crippen LogP contribution is 2.26. The second-order valence-electron chi connectivity index (χ2n) is 6.03. The van der Waals surface area contributed by atoms with Crippen molar-refractivity contribution in [3.05, 3.63) is 70.0 Å². The summed E-state index contributed by atoms with van der Waals surface area (Å²) in [5.41, 5.74) is -0.227. The number of alkyl halides is 3. The molecule has 0 amide bonds. The number of hydrogen-bond donors (Lipinski definition) is 0. The van der Waals surface area contributed by atoms with Crippen LogP contribution in [0.5, 0.6) is 5.75 Å². The normalized spacial score (nSPS) is 11.3. The van der Waals surface area contributed by atoms with Crippen LogP contribution >= 0.6 is 0 Å². The second-order valence-corrected chi connectivity index (χ2v) is 6.03. The summed E-state index contributed by atoms with van der Waals surface area (Å²) in [6, 6.07) is 9.42. The number of ether oxygens (including phenoxy) is 2. The van der Waals surface area contributed by atoms with Gasteiger partial charge in [0.2, 0.25) is 5.43 Å². The molecule has 3 rings (SSSR count). The third-order valence-corrected chi connectivity index (χ3v) is 4.16. The molecular formula is C20H14F3NO5. The van der Waals surface area contributed by atoms with Gasteiger partial charge in [0.1, 0.15) is 11.3 Å². The Bertz CT molecular complexity index is 1160. The topological polar surface area (TPSA) is 74.6 Å². The van der Waals surface area contributed by atoms with Crippen molar-refractivity contribution < 1.29 is 32.2 Å². The molecule has 0 radical (unpaired) electrons. The molecule has 0 fully saturated rings. The maximum Gasteiger partial charge on any atom is 0.573 e. The van der Waals surface area contributed by atoms with Gasteiger partial charge in [0.05, 0.1) is 18.0 Å². The molecule has 0 atom stereocenters. The molecule has 0 saturated carbocycles. The number of rotatable bonds is 4. The van der Waals surface area contributed by atoms with Crippen LogP contribution in [-0.2, 0) is 4.74 Å². The van der Waals surface area contributed by atoms with E-state index in [0.29, 0.717) is 11.2 Å². The molecule has 0 unspecified atom stereocenters. The molecule has 150 valence electrons. The van der Waals surface area contributed by atoms with Crippen molar-refractivity contribution in [2.75, 3.05) is 7.11 Å². The smallest absolute Gasteiger partial charge is 0.465 e. The number of Topliss-reactive ketones (excluding diaryl/α,β-unsaturated/α-hetero) is 1. The summed E-state index contributed by atoms with van der Waals surface area (Å²) in [5, 5.41) is 0.0125. The van der Waals surface area contributed by atoms with E-state index in [1.807, 2.05) is 0 Å². The predicted molar refractivity (Wildman–Crippen MR) is 97.6 cm³/mol. The summed E-state index contributed by atoms with van der Waals surface area (Å²) in [7, 11) is 1.11. The fourth-order valence-electron chi connectivity index (χ4n) is 2.94. The van der Waals surface area contributed by atoms with E-state index in [0.717, 1.165) is 19.2 Å². The van der Waals surface area contributed by atoms with Crippen LogP contribution in [0, 0.1) is 0 Å². The lowest BCUT2D eigenvalue weighted by atomic mass is 10.0. The zero-order chi connectivity index (χ0) is 21.3. The number of carbonyl (C=O) groups is 2. The number of esters is 1. The number of methoxy groups -OCH3 is 1. The minimum atomic E-state index is -4.83. The molecule has 0 aliphatic heterocycles. The van der Waals surface area contributed by atoms with Gasteiger partial charge in [0.15, 0.2) is 5.78 Å². The van der Waals surface area contributed by atoms with E-state index in [1.165, 1.54) is 35.9 Å². The number of carbonyl (C=O) groups excluding carboxylic acids is 2. The number of nitrogens with zero attached hydrogens (tertiary/aromatic N) is 1. The average Bonchev–Trinajstić information content (AvgIpc) is 2.67. The Balaban J connectivity index is 2.28. The first-order valence-corrected chi connectivity index (χ1v) is 8.26. The van der Waals surface area contributed by atoms with Crippen molar-refractivity contribution in [3.8, 4) is 11.4 Å². The Hall–Kier alpha value is -3.62. The Morgan fingerprint density at radius 2 is 1.66 bits per heavy atom. The van der Waals surface area contributed by atoms with Crippen molar-refractivity contribution in [2.45, 2.75) is 13.3 Å². The van der Waals surface area contributed by atoms with Gasteiger partial charge in [-0.05, 0) is 37.3 Å². The van der Waals surface area contributed by atoms with E-state index in [2.05, 4.69) is 9.47 Å². The van der Waals surface area contributed by atoms with Crippen LogP contribution in [-0.4, -0.2) is 29.8 Å². The Labute approximate surface area is 162 Å². The maximum absolute atomic E-state index is 12.8. The molecule has 6 nitrogen and oxygen atoms in total. The lowest BCUT2D eigenvalue weighted by molar-refractivity contribution is -0.274. The quantitative estimate of drug-likeness (QED) is 0.487. The Morgan fingerprint density at radius 3 is 2.21 bits per heavy atom. The van der Waals surface area contributed by atoms with Gasteiger partial charge < -0.3 is 14.0 Å². The Morgan fingerprint density at radius 1 is 1.00 bits per heavy atom. The number of aromatic nitrogens is 1. The molecule has 0 bridgehead atoms. The van der Waals surface area contributed by atoms with E-state index < -0.39 is 23.5 Å². The lowest BCUT2D eigenvalue weighted by Crippen LogP contribution is -2.21. The average molecular weight is 405 g/mol. The minimum absolute atomic E-state index is 0.0125. The summed E-state index contributed by atoms with van der Waals surface area (Å²) in [6.07, 6.45) is -3.61. The molecule has 9 heteroatoms. The van der Waals surface area contributed by atoms with Crippen molar-refractivity contribution in [3.63, 3.8) is 0 Å². The van der Waals surface area contributed by atoms with Gasteiger partial charge in [0, 0.05) is 17.4 Å². The van der Waals surface area contributed by atoms with Crippen molar-refractivity contribution >= 4 is 22.7 Å². The molecule has 0 aliphatic rings. The first kappa shape index (κ1) is 20.1. The molecule has 2 aromatic carbocycles. The number of hydrogen-bond acceptors (Lipinski definition) is 5. The molecule has 1 aromatic heterocycles. The minimum Gasteiger partial charge on any atom is -0.465 e. The van der Waals surface area contributed by atoms with Crippen LogP contribution < -0.4 is 10.2 Å². The van der Waals surface area contributed by atoms with Crippen molar-refractivity contribution in [1.29, 1.82) is 0 Å². The number of ketones is 1. The highest BCUT2D eigenvalue weighted by Gasteiger charge is 2.31. The van der Waals surface area contributed by atoms with Gasteiger partial charge in [-0.25, -0.2) is 4.79 Å². The van der Waals surface area contributed by atoms with Gasteiger partial charge in [-0.2, -0.15) is 0 Å². The third kappa shape index (κ3) is 3.98. The molecule has 3 aromatic rings. The second kappa shape index (κ2) is 7.42. The van der Waals surface area contributed by atoms with Crippen LogP contribution in [0.15, 0.2) is 53.5 Å². The van der Waals surface area contributed by atoms with Crippen molar-refractivity contribution in [1.82, 2.24) is 4.57 Å². The SMILES string of the molecule is COC(=O)c1cn(-c2ccc(OC(F)(F)F)cc2)c2cccc(C(C)=O)c2c1=O. The molecule has 29 heavy (non-hydrogen) atoms. The monoisotopic (exact) mass is 405 g/mol. The number of fused-ring (bicyclic) bond motifs is 1. The zero-order valence-corrected chi connectivity index (χ0v) is 15.2. The van der Waals surface area contributed by atoms with Gasteiger partial charge in [0.25, 0.3) is 0 Å². The summed E-state index contributed by atoms with van der Waals surface area (Å²) < 4.78 is 47.0. The molecule has 0 N–H and O–H groups in total. The third-order valence-electron chi connectivity index (χ3n) is 4.16. The van der Waals surface area contributed by atoms with Crippen LogP contribution in [0.2, 0.25) is 0 Å². The van der Waals surface area contributed by atoms with E-state index in [-0.39, 0.29) is 22.3 Å². The summed E-state index contributed by atoms with van der Waals surface area (Å²) >= 11 is 0. The van der Waals surface area contributed by atoms with Gasteiger partial charge in [-0.3, -0.25) is 9.59 Å². The Kier molecular flexibility index (Phi) is 5.15. The first-order chi connectivity index (χ1) is 13.6. The lowest BCUT2D eigenvalue weighted by Gasteiger charge is -2.15. The highest BCUT2D eigenvalue weighted by atomic mass is 19.4. The standard InChI is InChI=1S/C20H14F3NO5/c1-11(25)14-4-3-5-16-17(14)18(26)15(19(27)28-2)10-24(16)12-6-8-13(9-7-12)29-20(21,22)23/h3-10H,1-2H3. The molecule has 0 saturated heterocycles. The van der Waals surface area contributed by atoms with Crippen LogP contribution in [0.25, 0.3) is 16.6 Å². The van der Waals surface area contributed by atoms with E-state index in [1.54, 1.807) is 12.1 Å². The van der Waals surface area contributed by atoms with Gasteiger partial charge >= 0.3 is 12.3 Å². The molecule has 0 spiro atoms. The molecule has 1 heterocycles. The zero-order valence-electron chi connectivity index (χ0n) is 15.2. The maximum atomic E-state index is 12.8. The summed E-state index contributed by atoms with van der Waals surface area (Å²) in [4.78, 5) is 36.9. The highest BCUT2D eigenvalue weighted by molar-refractivity contribution is 6.08. The van der Waals surface area contributed by atoms with Gasteiger partial charge in [-0.1, -0.05) is 12.1 Å².